The zero-order valence-corrected chi connectivity index (χ0v) is 18.3. The zero-order valence-electron chi connectivity index (χ0n) is 17.5. The topological polar surface area (TPSA) is 61.8 Å². The van der Waals surface area contributed by atoms with Gasteiger partial charge in [0, 0.05) is 10.8 Å². The number of hydrogen-bond acceptors (Lipinski definition) is 5. The SMILES string of the molecule is CC(C)(C)C1(F)OC(C(F)(F)F)(C(F)(F)OC(F)(F)C(F)(F)S(=O)(=O)F)OC1(F)C(C)(C)C. The molecule has 1 saturated heterocycles. The predicted octanol–water partition coefficient (Wildman–Crippen LogP) is 5.81. The fourth-order valence-corrected chi connectivity index (χ4v) is 2.97. The molecule has 5 nitrogen and oxygen atoms in total. The molecule has 0 spiro atoms. The van der Waals surface area contributed by atoms with Crippen molar-refractivity contribution in [1.82, 2.24) is 0 Å². The van der Waals surface area contributed by atoms with Crippen molar-refractivity contribution in [2.45, 2.75) is 82.7 Å². The molecule has 1 rings (SSSR count). The van der Waals surface area contributed by atoms with Gasteiger partial charge in [-0.1, -0.05) is 45.4 Å². The minimum Gasteiger partial charge on any atom is -0.293 e. The number of hydrogen-bond donors (Lipinski definition) is 0. The molecule has 0 amide bonds. The van der Waals surface area contributed by atoms with E-state index in [0.717, 1.165) is 0 Å². The van der Waals surface area contributed by atoms with Crippen molar-refractivity contribution >= 4 is 10.2 Å². The van der Waals surface area contributed by atoms with Crippen LogP contribution in [0, 0.1) is 10.8 Å². The van der Waals surface area contributed by atoms with Crippen LogP contribution in [0.1, 0.15) is 41.5 Å². The highest BCUT2D eigenvalue weighted by Crippen LogP contribution is 2.67. The molecule has 0 aromatic carbocycles. The summed E-state index contributed by atoms with van der Waals surface area (Å²) in [4.78, 5) is 0. The third-order valence-corrected chi connectivity index (χ3v) is 5.42. The van der Waals surface area contributed by atoms with Gasteiger partial charge in [-0.15, -0.1) is 0 Å². The molecule has 1 fully saturated rings. The van der Waals surface area contributed by atoms with Crippen LogP contribution in [0.2, 0.25) is 0 Å². The molecule has 198 valence electrons. The second-order valence-electron chi connectivity index (χ2n) is 9.10. The first-order valence-electron chi connectivity index (χ1n) is 8.50. The fraction of sp³-hybridized carbons (Fsp3) is 1.00. The molecule has 0 aromatic rings. The lowest BCUT2D eigenvalue weighted by Gasteiger charge is -2.45. The molecular weight excluding hydrogens is 520 g/mol. The van der Waals surface area contributed by atoms with E-state index in [1.165, 1.54) is 0 Å². The van der Waals surface area contributed by atoms with Crippen molar-refractivity contribution < 1.29 is 74.8 Å². The van der Waals surface area contributed by atoms with Crippen molar-refractivity contribution in [2.75, 3.05) is 0 Å². The third-order valence-electron chi connectivity index (χ3n) is 4.57. The molecule has 2 atom stereocenters. The highest BCUT2D eigenvalue weighted by atomic mass is 32.3. The van der Waals surface area contributed by atoms with Gasteiger partial charge in [-0.2, -0.15) is 47.9 Å². The molecule has 0 aliphatic carbocycles. The summed E-state index contributed by atoms with van der Waals surface area (Å²) in [5, 5.41) is -7.16. The van der Waals surface area contributed by atoms with Gasteiger partial charge < -0.3 is 0 Å². The zero-order chi connectivity index (χ0) is 27.1. The van der Waals surface area contributed by atoms with Gasteiger partial charge in [-0.05, 0) is 0 Å². The Hall–Kier alpha value is -1.01. The lowest BCUT2D eigenvalue weighted by Crippen LogP contribution is -2.65. The quantitative estimate of drug-likeness (QED) is 0.327. The Bertz CT molecular complexity index is 845. The summed E-state index contributed by atoms with van der Waals surface area (Å²) in [6.07, 6.45) is -21.1. The monoisotopic (exact) mass is 538 g/mol. The van der Waals surface area contributed by atoms with Crippen molar-refractivity contribution in [3.63, 3.8) is 0 Å². The summed E-state index contributed by atoms with van der Waals surface area (Å²) in [6, 6.07) is 0. The van der Waals surface area contributed by atoms with E-state index in [-0.39, 0.29) is 0 Å². The van der Waals surface area contributed by atoms with Crippen LogP contribution in [0.15, 0.2) is 0 Å². The standard InChI is InChI=1S/C15H18F12O5S/c1-7(2,3)9(16)10(17,8(4,5)6)31-11(30-9,12(18,19)20)13(21,22)32-14(23,24)15(25,26)33(27,28)29/h1-6H3. The molecule has 0 N–H and O–H groups in total. The highest BCUT2D eigenvalue weighted by Gasteiger charge is 2.91. The van der Waals surface area contributed by atoms with Crippen LogP contribution in [0.25, 0.3) is 0 Å². The Morgan fingerprint density at radius 3 is 1.21 bits per heavy atom. The normalized spacial score (nSPS) is 31.2. The van der Waals surface area contributed by atoms with Crippen molar-refractivity contribution in [1.29, 1.82) is 0 Å². The third kappa shape index (κ3) is 4.07. The molecule has 0 radical (unpaired) electrons. The molecule has 2 unspecified atom stereocenters. The smallest absolute Gasteiger partial charge is 0.293 e. The van der Waals surface area contributed by atoms with Gasteiger partial charge in [0.05, 0.1) is 0 Å². The maximum Gasteiger partial charge on any atom is 0.464 e. The minimum absolute atomic E-state index is 0.639. The summed E-state index contributed by atoms with van der Waals surface area (Å²) in [5.41, 5.74) is -5.04. The van der Waals surface area contributed by atoms with Gasteiger partial charge in [0.2, 0.25) is 0 Å². The fourth-order valence-electron chi connectivity index (χ4n) is 2.65. The summed E-state index contributed by atoms with van der Waals surface area (Å²) in [7, 11) is -7.76. The van der Waals surface area contributed by atoms with Crippen LogP contribution in [-0.4, -0.2) is 49.6 Å². The van der Waals surface area contributed by atoms with E-state index in [9.17, 15) is 51.8 Å². The van der Waals surface area contributed by atoms with Gasteiger partial charge in [0.1, 0.15) is 0 Å². The Morgan fingerprint density at radius 2 is 1.00 bits per heavy atom. The van der Waals surface area contributed by atoms with Crippen molar-refractivity contribution in [3.05, 3.63) is 0 Å². The van der Waals surface area contributed by atoms with Gasteiger partial charge in [-0.25, -0.2) is 13.5 Å². The average molecular weight is 538 g/mol. The maximum absolute atomic E-state index is 15.7. The van der Waals surface area contributed by atoms with Crippen LogP contribution < -0.4 is 0 Å². The van der Waals surface area contributed by atoms with Gasteiger partial charge in [0.15, 0.2) is 0 Å². The lowest BCUT2D eigenvalue weighted by atomic mass is 9.72. The van der Waals surface area contributed by atoms with Crippen LogP contribution in [0.4, 0.5) is 52.2 Å². The number of rotatable bonds is 5. The van der Waals surface area contributed by atoms with Gasteiger partial charge >= 0.3 is 39.7 Å². The summed E-state index contributed by atoms with van der Waals surface area (Å²) < 4.78 is 197. The average Bonchev–Trinajstić information content (AvgIpc) is 2.76. The van der Waals surface area contributed by atoms with Crippen LogP contribution in [0.3, 0.4) is 0 Å². The Labute approximate surface area is 179 Å². The molecule has 1 aliphatic heterocycles. The predicted molar refractivity (Wildman–Crippen MR) is 83.5 cm³/mol. The first-order valence-corrected chi connectivity index (χ1v) is 9.88. The Balaban J connectivity index is 3.90. The van der Waals surface area contributed by atoms with Crippen LogP contribution in [0.5, 0.6) is 0 Å². The Morgan fingerprint density at radius 1 is 0.697 bits per heavy atom. The lowest BCUT2D eigenvalue weighted by molar-refractivity contribution is -0.527. The summed E-state index contributed by atoms with van der Waals surface area (Å²) in [5.74, 6) is -15.3. The Kier molecular flexibility index (Phi) is 6.60. The highest BCUT2D eigenvalue weighted by molar-refractivity contribution is 7.87. The number of ether oxygens (including phenoxy) is 3. The first-order chi connectivity index (χ1) is 13.9. The van der Waals surface area contributed by atoms with E-state index in [1.807, 2.05) is 0 Å². The summed E-state index contributed by atoms with van der Waals surface area (Å²) in [6.45, 7) is 3.84. The van der Waals surface area contributed by atoms with Crippen LogP contribution in [-0.2, 0) is 24.4 Å². The van der Waals surface area contributed by atoms with E-state index in [4.69, 9.17) is 0 Å². The van der Waals surface area contributed by atoms with E-state index >= 15 is 8.78 Å². The van der Waals surface area contributed by atoms with E-state index < -0.39 is 62.2 Å². The van der Waals surface area contributed by atoms with Gasteiger partial charge in [-0.3, -0.25) is 9.47 Å². The van der Waals surface area contributed by atoms with E-state index in [2.05, 4.69) is 14.2 Å². The number of alkyl halides is 11. The molecular formula is C15H18F12O5S. The molecule has 0 aromatic heterocycles. The van der Waals surface area contributed by atoms with Gasteiger partial charge in [0.25, 0.3) is 11.7 Å². The molecule has 0 saturated carbocycles. The molecule has 33 heavy (non-hydrogen) atoms. The second-order valence-corrected chi connectivity index (χ2v) is 10.5. The number of halogens is 12. The molecule has 1 heterocycles. The molecule has 0 bridgehead atoms. The van der Waals surface area contributed by atoms with Crippen molar-refractivity contribution in [3.8, 4) is 0 Å². The summed E-state index contributed by atoms with van der Waals surface area (Å²) >= 11 is 0. The first kappa shape index (κ1) is 30.0. The molecule has 18 heteroatoms. The van der Waals surface area contributed by atoms with E-state index in [0.29, 0.717) is 41.5 Å². The second kappa shape index (κ2) is 7.25. The van der Waals surface area contributed by atoms with E-state index in [1.54, 1.807) is 0 Å². The molecule has 1 aliphatic rings. The van der Waals surface area contributed by atoms with Crippen molar-refractivity contribution in [2.24, 2.45) is 10.8 Å². The largest absolute Gasteiger partial charge is 0.464 e. The maximum atomic E-state index is 15.7. The minimum atomic E-state index is -7.76. The van der Waals surface area contributed by atoms with Crippen LogP contribution >= 0.6 is 0 Å².